The Labute approximate surface area is 128 Å². The molecule has 0 amide bonds. The summed E-state index contributed by atoms with van der Waals surface area (Å²) >= 11 is 3.33. The number of halogens is 1. The molecule has 0 aliphatic rings. The normalized spacial score (nSPS) is 13.1. The molecule has 1 aromatic rings. The minimum atomic E-state index is -0.590. The summed E-state index contributed by atoms with van der Waals surface area (Å²) in [5.74, 6) is -0.286. The predicted molar refractivity (Wildman–Crippen MR) is 82.7 cm³/mol. The van der Waals surface area contributed by atoms with E-state index in [1.54, 1.807) is 6.92 Å². The summed E-state index contributed by atoms with van der Waals surface area (Å²) in [5.41, 5.74) is 7.54. The number of rotatable bonds is 4. The van der Waals surface area contributed by atoms with Crippen molar-refractivity contribution >= 4 is 21.9 Å². The lowest BCUT2D eigenvalue weighted by Crippen LogP contribution is -2.19. The minimum absolute atomic E-state index is 0.0431. The summed E-state index contributed by atoms with van der Waals surface area (Å²) < 4.78 is 5.47. The number of phenols is 1. The molecule has 0 bridgehead atoms. The molecule has 0 spiro atoms. The van der Waals surface area contributed by atoms with Gasteiger partial charge in [0.25, 0.3) is 0 Å². The second-order valence-electron chi connectivity index (χ2n) is 5.76. The largest absolute Gasteiger partial charge is 0.506 e. The van der Waals surface area contributed by atoms with Crippen molar-refractivity contribution in [2.75, 3.05) is 6.61 Å². The van der Waals surface area contributed by atoms with Gasteiger partial charge in [-0.3, -0.25) is 4.79 Å². The van der Waals surface area contributed by atoms with Crippen LogP contribution in [0.25, 0.3) is 0 Å². The van der Waals surface area contributed by atoms with Gasteiger partial charge < -0.3 is 15.6 Å². The van der Waals surface area contributed by atoms with Gasteiger partial charge >= 0.3 is 5.97 Å². The molecule has 20 heavy (non-hydrogen) atoms. The molecule has 1 rings (SSSR count). The lowest BCUT2D eigenvalue weighted by atomic mass is 9.85. The van der Waals surface area contributed by atoms with Crippen molar-refractivity contribution in [2.45, 2.75) is 45.6 Å². The van der Waals surface area contributed by atoms with E-state index in [4.69, 9.17) is 10.5 Å². The number of aromatic hydroxyl groups is 1. The summed E-state index contributed by atoms with van der Waals surface area (Å²) in [5, 5.41) is 10.1. The van der Waals surface area contributed by atoms with Crippen LogP contribution in [-0.4, -0.2) is 17.7 Å². The summed E-state index contributed by atoms with van der Waals surface area (Å²) in [4.78, 5) is 11.5. The molecular weight excluding hydrogens is 322 g/mol. The van der Waals surface area contributed by atoms with Crippen molar-refractivity contribution in [3.05, 3.63) is 27.7 Å². The van der Waals surface area contributed by atoms with Gasteiger partial charge in [-0.2, -0.15) is 0 Å². The van der Waals surface area contributed by atoms with E-state index < -0.39 is 6.04 Å². The monoisotopic (exact) mass is 343 g/mol. The maximum Gasteiger partial charge on any atom is 0.307 e. The van der Waals surface area contributed by atoms with Crippen LogP contribution in [0.3, 0.4) is 0 Å². The highest BCUT2D eigenvalue weighted by molar-refractivity contribution is 9.10. The number of benzene rings is 1. The maximum absolute atomic E-state index is 11.5. The number of nitrogens with two attached hydrogens (primary N) is 1. The zero-order valence-corrected chi connectivity index (χ0v) is 14.0. The molecular formula is C15H22BrNO3. The minimum Gasteiger partial charge on any atom is -0.506 e. The van der Waals surface area contributed by atoms with Gasteiger partial charge in [-0.05, 0) is 46.0 Å². The van der Waals surface area contributed by atoms with E-state index >= 15 is 0 Å². The van der Waals surface area contributed by atoms with Crippen molar-refractivity contribution in [1.82, 2.24) is 0 Å². The maximum atomic E-state index is 11.5. The Kier molecular flexibility index (Phi) is 5.59. The third kappa shape index (κ3) is 4.21. The Bertz CT molecular complexity index is 495. The Balaban J connectivity index is 3.10. The van der Waals surface area contributed by atoms with Gasteiger partial charge in [-0.25, -0.2) is 0 Å². The molecule has 1 aromatic carbocycles. The van der Waals surface area contributed by atoms with Gasteiger partial charge in [-0.15, -0.1) is 0 Å². The average molecular weight is 344 g/mol. The zero-order valence-electron chi connectivity index (χ0n) is 12.4. The van der Waals surface area contributed by atoms with E-state index in [-0.39, 0.29) is 23.6 Å². The second-order valence-corrected chi connectivity index (χ2v) is 6.62. The smallest absolute Gasteiger partial charge is 0.307 e. The highest BCUT2D eigenvalue weighted by Gasteiger charge is 2.22. The van der Waals surface area contributed by atoms with Crippen molar-refractivity contribution in [3.8, 4) is 5.75 Å². The topological polar surface area (TPSA) is 72.5 Å². The fourth-order valence-corrected chi connectivity index (χ4v) is 2.32. The van der Waals surface area contributed by atoms with Crippen molar-refractivity contribution in [2.24, 2.45) is 5.73 Å². The molecule has 0 aliphatic heterocycles. The Morgan fingerprint density at radius 3 is 2.55 bits per heavy atom. The molecule has 0 fully saturated rings. The summed E-state index contributed by atoms with van der Waals surface area (Å²) in [6, 6.07) is 3.13. The molecule has 3 N–H and O–H groups in total. The second kappa shape index (κ2) is 6.59. The Hall–Kier alpha value is -1.07. The lowest BCUT2D eigenvalue weighted by Gasteiger charge is -2.23. The van der Waals surface area contributed by atoms with Crippen molar-refractivity contribution < 1.29 is 14.6 Å². The summed E-state index contributed by atoms with van der Waals surface area (Å²) in [6.45, 7) is 8.30. The molecule has 112 valence electrons. The Morgan fingerprint density at radius 1 is 1.45 bits per heavy atom. The van der Waals surface area contributed by atoms with E-state index in [1.165, 1.54) is 0 Å². The van der Waals surface area contributed by atoms with E-state index in [2.05, 4.69) is 36.7 Å². The predicted octanol–water partition coefficient (Wildman–Crippen LogP) is 3.41. The van der Waals surface area contributed by atoms with E-state index in [1.807, 2.05) is 12.1 Å². The van der Waals surface area contributed by atoms with Crippen LogP contribution in [0.5, 0.6) is 5.75 Å². The molecule has 0 unspecified atom stereocenters. The van der Waals surface area contributed by atoms with Crippen LogP contribution in [-0.2, 0) is 14.9 Å². The van der Waals surface area contributed by atoms with Crippen LogP contribution in [0.2, 0.25) is 0 Å². The SMILES string of the molecule is CCOC(=O)C[C@H](N)c1cc(C(C)(C)C)cc(Br)c1O. The third-order valence-corrected chi connectivity index (χ3v) is 3.65. The molecule has 0 saturated heterocycles. The molecule has 1 atom stereocenters. The average Bonchev–Trinajstić information content (AvgIpc) is 2.31. The van der Waals surface area contributed by atoms with E-state index in [0.29, 0.717) is 16.6 Å². The summed E-state index contributed by atoms with van der Waals surface area (Å²) in [6.07, 6.45) is 0.0431. The van der Waals surface area contributed by atoms with Gasteiger partial charge in [0.15, 0.2) is 0 Å². The van der Waals surface area contributed by atoms with Crippen LogP contribution in [0.4, 0.5) is 0 Å². The molecule has 0 aliphatic carbocycles. The number of hydrogen-bond acceptors (Lipinski definition) is 4. The number of phenolic OH excluding ortho intramolecular Hbond substituents is 1. The molecule has 0 aromatic heterocycles. The third-order valence-electron chi connectivity index (χ3n) is 3.05. The number of esters is 1. The number of hydrogen-bond donors (Lipinski definition) is 2. The fourth-order valence-electron chi connectivity index (χ4n) is 1.85. The quantitative estimate of drug-likeness (QED) is 0.821. The molecule has 5 heteroatoms. The first-order chi connectivity index (χ1) is 9.16. The zero-order chi connectivity index (χ0) is 15.5. The van der Waals surface area contributed by atoms with E-state index in [9.17, 15) is 9.90 Å². The van der Waals surface area contributed by atoms with Gasteiger partial charge in [0.2, 0.25) is 0 Å². The van der Waals surface area contributed by atoms with Gasteiger partial charge in [0, 0.05) is 11.6 Å². The molecule has 0 saturated carbocycles. The molecule has 0 heterocycles. The number of carbonyl (C=O) groups is 1. The van der Waals surface area contributed by atoms with Crippen LogP contribution in [0, 0.1) is 0 Å². The van der Waals surface area contributed by atoms with E-state index in [0.717, 1.165) is 5.56 Å². The van der Waals surface area contributed by atoms with Crippen LogP contribution in [0.1, 0.15) is 51.3 Å². The van der Waals surface area contributed by atoms with Gasteiger partial charge in [-0.1, -0.05) is 20.8 Å². The van der Waals surface area contributed by atoms with Crippen LogP contribution in [0.15, 0.2) is 16.6 Å². The molecule has 4 nitrogen and oxygen atoms in total. The first kappa shape index (κ1) is 17.0. The lowest BCUT2D eigenvalue weighted by molar-refractivity contribution is -0.143. The van der Waals surface area contributed by atoms with Crippen molar-refractivity contribution in [1.29, 1.82) is 0 Å². The highest BCUT2D eigenvalue weighted by Crippen LogP contribution is 2.37. The Morgan fingerprint density at radius 2 is 2.05 bits per heavy atom. The van der Waals surface area contributed by atoms with Crippen LogP contribution >= 0.6 is 15.9 Å². The van der Waals surface area contributed by atoms with Gasteiger partial charge in [0.05, 0.1) is 17.5 Å². The summed E-state index contributed by atoms with van der Waals surface area (Å²) in [7, 11) is 0. The highest BCUT2D eigenvalue weighted by atomic mass is 79.9. The van der Waals surface area contributed by atoms with Gasteiger partial charge in [0.1, 0.15) is 5.75 Å². The molecule has 0 radical (unpaired) electrons. The number of ether oxygens (including phenoxy) is 1. The number of carbonyl (C=O) groups excluding carboxylic acids is 1. The first-order valence-electron chi connectivity index (χ1n) is 6.61. The van der Waals surface area contributed by atoms with Crippen LogP contribution < -0.4 is 5.73 Å². The fraction of sp³-hybridized carbons (Fsp3) is 0.533. The first-order valence-corrected chi connectivity index (χ1v) is 7.40. The standard InChI is InChI=1S/C15H22BrNO3/c1-5-20-13(18)8-12(17)10-6-9(15(2,3)4)7-11(16)14(10)19/h6-7,12,19H,5,8,17H2,1-4H3/t12-/m0/s1. The van der Waals surface area contributed by atoms with Crippen molar-refractivity contribution in [3.63, 3.8) is 0 Å².